The SMILES string of the molecule is C=Cc1c(CO)cccc1C(C)C=C. The predicted octanol–water partition coefficient (Wildman–Crippen LogP) is 3.11. The Morgan fingerprint density at radius 3 is 2.64 bits per heavy atom. The lowest BCUT2D eigenvalue weighted by Gasteiger charge is -2.13. The monoisotopic (exact) mass is 188 g/mol. The highest BCUT2D eigenvalue weighted by Crippen LogP contribution is 2.24. The molecule has 0 aliphatic heterocycles. The van der Waals surface area contributed by atoms with Crippen LogP contribution in [-0.2, 0) is 6.61 Å². The van der Waals surface area contributed by atoms with Crippen LogP contribution in [0, 0.1) is 0 Å². The van der Waals surface area contributed by atoms with E-state index in [0.717, 1.165) is 11.1 Å². The molecule has 0 spiro atoms. The number of hydrogen-bond acceptors (Lipinski definition) is 1. The Kier molecular flexibility index (Phi) is 3.66. The lowest BCUT2D eigenvalue weighted by molar-refractivity contribution is 0.281. The first kappa shape index (κ1) is 10.7. The Morgan fingerprint density at radius 2 is 2.14 bits per heavy atom. The topological polar surface area (TPSA) is 20.2 Å². The maximum absolute atomic E-state index is 9.15. The molecule has 1 heteroatoms. The van der Waals surface area contributed by atoms with Gasteiger partial charge < -0.3 is 5.11 Å². The van der Waals surface area contributed by atoms with Crippen molar-refractivity contribution in [2.24, 2.45) is 0 Å². The van der Waals surface area contributed by atoms with Crippen LogP contribution in [0.1, 0.15) is 29.5 Å². The third kappa shape index (κ3) is 1.94. The molecule has 0 amide bonds. The van der Waals surface area contributed by atoms with Gasteiger partial charge in [0.05, 0.1) is 6.61 Å². The Morgan fingerprint density at radius 1 is 1.43 bits per heavy atom. The molecule has 0 bridgehead atoms. The standard InChI is InChI=1S/C13H16O/c1-4-10(3)13-8-6-7-11(9-14)12(13)5-2/h4-8,10,14H,1-2,9H2,3H3. The van der Waals surface area contributed by atoms with E-state index in [1.54, 1.807) is 6.08 Å². The molecular formula is C13H16O. The summed E-state index contributed by atoms with van der Waals surface area (Å²) in [4.78, 5) is 0. The van der Waals surface area contributed by atoms with E-state index in [9.17, 15) is 0 Å². The van der Waals surface area contributed by atoms with Crippen LogP contribution in [0.4, 0.5) is 0 Å². The van der Waals surface area contributed by atoms with Crippen molar-refractivity contribution in [3.05, 3.63) is 54.1 Å². The fourth-order valence-corrected chi connectivity index (χ4v) is 1.54. The summed E-state index contributed by atoms with van der Waals surface area (Å²) in [5.41, 5.74) is 3.12. The van der Waals surface area contributed by atoms with Gasteiger partial charge in [-0.25, -0.2) is 0 Å². The molecule has 1 nitrogen and oxygen atoms in total. The van der Waals surface area contributed by atoms with Gasteiger partial charge >= 0.3 is 0 Å². The molecule has 1 aromatic rings. The van der Waals surface area contributed by atoms with Crippen molar-refractivity contribution in [1.82, 2.24) is 0 Å². The van der Waals surface area contributed by atoms with Gasteiger partial charge in [0.15, 0.2) is 0 Å². The summed E-state index contributed by atoms with van der Waals surface area (Å²) in [5.74, 6) is 0.287. The fraction of sp³-hybridized carbons (Fsp3) is 0.231. The lowest BCUT2D eigenvalue weighted by Crippen LogP contribution is -1.97. The van der Waals surface area contributed by atoms with Crippen molar-refractivity contribution in [2.75, 3.05) is 0 Å². The van der Waals surface area contributed by atoms with Gasteiger partial charge in [0, 0.05) is 0 Å². The van der Waals surface area contributed by atoms with Crippen LogP contribution in [-0.4, -0.2) is 5.11 Å². The summed E-state index contributed by atoms with van der Waals surface area (Å²) in [6.07, 6.45) is 3.68. The minimum atomic E-state index is 0.0546. The second-order valence-corrected chi connectivity index (χ2v) is 3.31. The van der Waals surface area contributed by atoms with Crippen LogP contribution in [0.3, 0.4) is 0 Å². The van der Waals surface area contributed by atoms with Crippen LogP contribution in [0.5, 0.6) is 0 Å². The van der Waals surface area contributed by atoms with E-state index >= 15 is 0 Å². The fourth-order valence-electron chi connectivity index (χ4n) is 1.54. The van der Waals surface area contributed by atoms with E-state index in [-0.39, 0.29) is 12.5 Å². The smallest absolute Gasteiger partial charge is 0.0687 e. The molecule has 0 aromatic heterocycles. The third-order valence-electron chi connectivity index (χ3n) is 2.45. The Labute approximate surface area is 85.4 Å². The van der Waals surface area contributed by atoms with Crippen LogP contribution in [0.2, 0.25) is 0 Å². The summed E-state index contributed by atoms with van der Waals surface area (Å²) in [7, 11) is 0. The highest BCUT2D eigenvalue weighted by Gasteiger charge is 2.08. The zero-order valence-electron chi connectivity index (χ0n) is 8.53. The van der Waals surface area contributed by atoms with E-state index in [0.29, 0.717) is 0 Å². The highest BCUT2D eigenvalue weighted by atomic mass is 16.3. The summed E-state index contributed by atoms with van der Waals surface area (Å²) in [6, 6.07) is 5.91. The van der Waals surface area contributed by atoms with Crippen molar-refractivity contribution >= 4 is 6.08 Å². The number of aliphatic hydroxyl groups is 1. The largest absolute Gasteiger partial charge is 0.392 e. The molecular weight excluding hydrogens is 172 g/mol. The van der Waals surface area contributed by atoms with Gasteiger partial charge in [-0.2, -0.15) is 0 Å². The average molecular weight is 188 g/mol. The zero-order chi connectivity index (χ0) is 10.6. The predicted molar refractivity (Wildman–Crippen MR) is 61.1 cm³/mol. The first-order chi connectivity index (χ1) is 6.74. The first-order valence-electron chi connectivity index (χ1n) is 4.72. The van der Waals surface area contributed by atoms with Gasteiger partial charge in [0.2, 0.25) is 0 Å². The minimum Gasteiger partial charge on any atom is -0.392 e. The van der Waals surface area contributed by atoms with E-state index in [2.05, 4.69) is 20.1 Å². The van der Waals surface area contributed by atoms with Gasteiger partial charge in [-0.15, -0.1) is 6.58 Å². The quantitative estimate of drug-likeness (QED) is 0.720. The first-order valence-corrected chi connectivity index (χ1v) is 4.72. The van der Waals surface area contributed by atoms with Crippen LogP contribution in [0.25, 0.3) is 6.08 Å². The lowest BCUT2D eigenvalue weighted by atomic mass is 9.92. The average Bonchev–Trinajstić information content (AvgIpc) is 2.26. The number of allylic oxidation sites excluding steroid dienone is 1. The van der Waals surface area contributed by atoms with Crippen molar-refractivity contribution in [2.45, 2.75) is 19.4 Å². The van der Waals surface area contributed by atoms with E-state index in [4.69, 9.17) is 5.11 Å². The molecule has 0 radical (unpaired) electrons. The van der Waals surface area contributed by atoms with E-state index in [1.807, 2.05) is 24.3 Å². The van der Waals surface area contributed by atoms with Crippen LogP contribution >= 0.6 is 0 Å². The second-order valence-electron chi connectivity index (χ2n) is 3.31. The molecule has 14 heavy (non-hydrogen) atoms. The molecule has 1 unspecified atom stereocenters. The highest BCUT2D eigenvalue weighted by molar-refractivity contribution is 5.57. The number of benzene rings is 1. The van der Waals surface area contributed by atoms with Gasteiger partial charge in [-0.1, -0.05) is 43.9 Å². The summed E-state index contributed by atoms with van der Waals surface area (Å²) >= 11 is 0. The summed E-state index contributed by atoms with van der Waals surface area (Å²) < 4.78 is 0. The molecule has 0 fully saturated rings. The maximum Gasteiger partial charge on any atom is 0.0687 e. The molecule has 1 atom stereocenters. The van der Waals surface area contributed by atoms with Crippen molar-refractivity contribution in [1.29, 1.82) is 0 Å². The van der Waals surface area contributed by atoms with Crippen LogP contribution < -0.4 is 0 Å². The van der Waals surface area contributed by atoms with Crippen molar-refractivity contribution < 1.29 is 5.11 Å². The molecule has 0 aliphatic rings. The second kappa shape index (κ2) is 4.77. The molecule has 74 valence electrons. The number of aliphatic hydroxyl groups excluding tert-OH is 1. The number of rotatable bonds is 4. The number of hydrogen-bond donors (Lipinski definition) is 1. The van der Waals surface area contributed by atoms with E-state index in [1.165, 1.54) is 5.56 Å². The Hall–Kier alpha value is -1.34. The maximum atomic E-state index is 9.15. The minimum absolute atomic E-state index is 0.0546. The molecule has 0 heterocycles. The van der Waals surface area contributed by atoms with Gasteiger partial charge in [-0.3, -0.25) is 0 Å². The zero-order valence-corrected chi connectivity index (χ0v) is 8.53. The Balaban J connectivity index is 3.28. The molecule has 0 saturated carbocycles. The van der Waals surface area contributed by atoms with Gasteiger partial charge in [-0.05, 0) is 22.6 Å². The molecule has 1 rings (SSSR count). The van der Waals surface area contributed by atoms with Gasteiger partial charge in [0.1, 0.15) is 0 Å². The summed E-state index contributed by atoms with van der Waals surface area (Å²) in [6.45, 7) is 9.68. The summed E-state index contributed by atoms with van der Waals surface area (Å²) in [5, 5.41) is 9.15. The molecule has 1 aromatic carbocycles. The normalized spacial score (nSPS) is 12.1. The van der Waals surface area contributed by atoms with Crippen LogP contribution in [0.15, 0.2) is 37.4 Å². The van der Waals surface area contributed by atoms with Crippen molar-refractivity contribution in [3.8, 4) is 0 Å². The molecule has 0 saturated heterocycles. The third-order valence-corrected chi connectivity index (χ3v) is 2.45. The van der Waals surface area contributed by atoms with Gasteiger partial charge in [0.25, 0.3) is 0 Å². The Bertz CT molecular complexity index is 339. The van der Waals surface area contributed by atoms with E-state index < -0.39 is 0 Å². The molecule has 1 N–H and O–H groups in total. The van der Waals surface area contributed by atoms with Crippen molar-refractivity contribution in [3.63, 3.8) is 0 Å². The molecule has 0 aliphatic carbocycles.